The van der Waals surface area contributed by atoms with Gasteiger partial charge in [0.2, 0.25) is 17.7 Å². The number of hydrogen-bond acceptors (Lipinski definition) is 8. The molecule has 0 aliphatic carbocycles. The average Bonchev–Trinajstić information content (AvgIpc) is 2.94. The number of carbonyl (C=O) groups is 3. The van der Waals surface area contributed by atoms with Gasteiger partial charge in [0.05, 0.1) is 17.2 Å². The minimum atomic E-state index is -4.94. The number of amides is 3. The Morgan fingerprint density at radius 3 is 1.98 bits per heavy atom. The number of benzene rings is 2. The second kappa shape index (κ2) is 15.9. The van der Waals surface area contributed by atoms with Crippen LogP contribution < -0.4 is 33.3 Å². The molecule has 0 aromatic heterocycles. The standard InChI is InChI=1S/C26H33BF6N6O5/c28-25(29,30)16-3-1-15(2-4-16)13-21(38-23(41)20(36)7-8-22(40)39(11-9-34)12-10-35)24(42)37-17-5-6-18(26(31,32)33)19(14-17)27(43)44/h1-6,14,20-21,43-44H,7-13,34-36H2,(H,37,42)(H,38,41)/t20-,21+/m0/s1. The fourth-order valence-corrected chi connectivity index (χ4v) is 4.14. The van der Waals surface area contributed by atoms with Crippen LogP contribution in [0.3, 0.4) is 0 Å². The van der Waals surface area contributed by atoms with Gasteiger partial charge in [-0.25, -0.2) is 0 Å². The first-order valence-electron chi connectivity index (χ1n) is 13.3. The van der Waals surface area contributed by atoms with E-state index in [2.05, 4.69) is 10.6 Å². The van der Waals surface area contributed by atoms with Crippen molar-refractivity contribution in [1.29, 1.82) is 0 Å². The Morgan fingerprint density at radius 1 is 0.886 bits per heavy atom. The molecule has 2 aromatic rings. The van der Waals surface area contributed by atoms with Crippen molar-refractivity contribution in [2.75, 3.05) is 31.5 Å². The smallest absolute Gasteiger partial charge is 0.423 e. The van der Waals surface area contributed by atoms with Crippen LogP contribution in [-0.4, -0.2) is 78.1 Å². The molecule has 0 aliphatic rings. The van der Waals surface area contributed by atoms with E-state index < -0.39 is 60.0 Å². The maximum absolute atomic E-state index is 13.3. The van der Waals surface area contributed by atoms with Crippen molar-refractivity contribution >= 4 is 36.0 Å². The van der Waals surface area contributed by atoms with Gasteiger partial charge in [0.1, 0.15) is 6.04 Å². The van der Waals surface area contributed by atoms with Crippen molar-refractivity contribution in [2.24, 2.45) is 17.2 Å². The zero-order valence-electron chi connectivity index (χ0n) is 23.3. The molecule has 2 rings (SSSR count). The molecule has 44 heavy (non-hydrogen) atoms. The Kier molecular flexibility index (Phi) is 13.1. The van der Waals surface area contributed by atoms with E-state index in [1.807, 2.05) is 0 Å². The van der Waals surface area contributed by atoms with Gasteiger partial charge < -0.3 is 42.8 Å². The number of carbonyl (C=O) groups excluding carboxylic acids is 3. The number of nitrogens with one attached hydrogen (secondary N) is 2. The molecule has 0 radical (unpaired) electrons. The minimum absolute atomic E-state index is 0.151. The molecule has 242 valence electrons. The molecule has 18 heteroatoms. The number of alkyl halides is 6. The van der Waals surface area contributed by atoms with E-state index in [9.17, 15) is 50.8 Å². The molecule has 0 fully saturated rings. The third-order valence-corrected chi connectivity index (χ3v) is 6.41. The summed E-state index contributed by atoms with van der Waals surface area (Å²) >= 11 is 0. The van der Waals surface area contributed by atoms with E-state index in [4.69, 9.17) is 17.2 Å². The molecular formula is C26H33BF6N6O5. The van der Waals surface area contributed by atoms with Gasteiger partial charge in [-0.2, -0.15) is 26.3 Å². The van der Waals surface area contributed by atoms with Gasteiger partial charge in [0.15, 0.2) is 0 Å². The van der Waals surface area contributed by atoms with Crippen molar-refractivity contribution < 1.29 is 50.8 Å². The molecule has 0 bridgehead atoms. The van der Waals surface area contributed by atoms with Gasteiger partial charge >= 0.3 is 19.5 Å². The molecule has 0 saturated carbocycles. The Morgan fingerprint density at radius 2 is 1.48 bits per heavy atom. The maximum atomic E-state index is 13.3. The van der Waals surface area contributed by atoms with Crippen LogP contribution in [0.15, 0.2) is 42.5 Å². The van der Waals surface area contributed by atoms with Gasteiger partial charge in [-0.3, -0.25) is 14.4 Å². The molecule has 2 aromatic carbocycles. The molecule has 2 atom stereocenters. The average molecular weight is 634 g/mol. The summed E-state index contributed by atoms with van der Waals surface area (Å²) < 4.78 is 78.7. The van der Waals surface area contributed by atoms with E-state index in [0.29, 0.717) is 12.1 Å². The predicted octanol–water partition coefficient (Wildman–Crippen LogP) is -0.0765. The van der Waals surface area contributed by atoms with Gasteiger partial charge in [0.25, 0.3) is 0 Å². The molecule has 0 saturated heterocycles. The highest BCUT2D eigenvalue weighted by Gasteiger charge is 2.36. The Balaban J connectivity index is 2.27. The number of hydrogen-bond donors (Lipinski definition) is 7. The van der Waals surface area contributed by atoms with Crippen LogP contribution >= 0.6 is 0 Å². The van der Waals surface area contributed by atoms with Gasteiger partial charge in [-0.1, -0.05) is 12.1 Å². The fourth-order valence-electron chi connectivity index (χ4n) is 4.14. The second-order valence-electron chi connectivity index (χ2n) is 9.73. The highest BCUT2D eigenvalue weighted by molar-refractivity contribution is 6.59. The molecule has 10 N–H and O–H groups in total. The first kappa shape index (κ1) is 36.5. The molecule has 0 heterocycles. The maximum Gasteiger partial charge on any atom is 0.489 e. The van der Waals surface area contributed by atoms with Crippen LogP contribution in [-0.2, 0) is 33.2 Å². The van der Waals surface area contributed by atoms with E-state index in [1.165, 1.54) is 4.90 Å². The SMILES string of the molecule is NCCN(CCN)C(=O)CC[C@H](N)C(=O)N[C@H](Cc1ccc(C(F)(F)F)cc1)C(=O)Nc1ccc(C(F)(F)F)c(B(O)O)c1. The summed E-state index contributed by atoms with van der Waals surface area (Å²) in [4.78, 5) is 39.9. The summed E-state index contributed by atoms with van der Waals surface area (Å²) in [5, 5.41) is 23.5. The second-order valence-corrected chi connectivity index (χ2v) is 9.73. The van der Waals surface area contributed by atoms with Crippen molar-refractivity contribution in [3.05, 3.63) is 59.2 Å². The first-order chi connectivity index (χ1) is 20.5. The largest absolute Gasteiger partial charge is 0.489 e. The van der Waals surface area contributed by atoms with E-state index >= 15 is 0 Å². The lowest BCUT2D eigenvalue weighted by molar-refractivity contribution is -0.138. The van der Waals surface area contributed by atoms with Crippen LogP contribution in [0.25, 0.3) is 0 Å². The van der Waals surface area contributed by atoms with Gasteiger partial charge in [0, 0.05) is 44.7 Å². The molecule has 3 amide bonds. The topological polar surface area (TPSA) is 197 Å². The number of nitrogens with zero attached hydrogens (tertiary/aromatic N) is 1. The number of anilines is 1. The number of halogens is 6. The predicted molar refractivity (Wildman–Crippen MR) is 149 cm³/mol. The summed E-state index contributed by atoms with van der Waals surface area (Å²) in [6.45, 7) is 0.811. The zero-order valence-corrected chi connectivity index (χ0v) is 23.3. The summed E-state index contributed by atoms with van der Waals surface area (Å²) in [7, 11) is -2.54. The third-order valence-electron chi connectivity index (χ3n) is 6.41. The molecule has 0 unspecified atom stereocenters. The molecule has 0 spiro atoms. The lowest BCUT2D eigenvalue weighted by Crippen LogP contribution is -2.51. The van der Waals surface area contributed by atoms with Crippen LogP contribution in [0.1, 0.15) is 29.5 Å². The summed E-state index contributed by atoms with van der Waals surface area (Å²) in [6.07, 6.45) is -10.2. The Bertz CT molecular complexity index is 1270. The molecule has 0 aliphatic heterocycles. The van der Waals surface area contributed by atoms with Crippen LogP contribution in [0, 0.1) is 0 Å². The lowest BCUT2D eigenvalue weighted by Gasteiger charge is -2.23. The fraction of sp³-hybridized carbons (Fsp3) is 0.423. The normalized spacial score (nSPS) is 13.2. The van der Waals surface area contributed by atoms with Crippen molar-refractivity contribution in [3.8, 4) is 0 Å². The third kappa shape index (κ3) is 10.8. The van der Waals surface area contributed by atoms with Gasteiger partial charge in [-0.15, -0.1) is 0 Å². The van der Waals surface area contributed by atoms with Crippen LogP contribution in [0.2, 0.25) is 0 Å². The quantitative estimate of drug-likeness (QED) is 0.111. The highest BCUT2D eigenvalue weighted by atomic mass is 19.4. The van der Waals surface area contributed by atoms with Crippen LogP contribution in [0.4, 0.5) is 32.0 Å². The molecular weight excluding hydrogens is 601 g/mol. The summed E-state index contributed by atoms with van der Waals surface area (Å²) in [5.41, 5.74) is 13.5. The number of nitrogens with two attached hydrogens (primary N) is 3. The van der Waals surface area contributed by atoms with E-state index in [-0.39, 0.29) is 62.6 Å². The van der Waals surface area contributed by atoms with Crippen molar-refractivity contribution in [1.82, 2.24) is 10.2 Å². The van der Waals surface area contributed by atoms with Crippen molar-refractivity contribution in [3.63, 3.8) is 0 Å². The Labute approximate surface area is 248 Å². The Hall–Kier alpha value is -3.71. The van der Waals surface area contributed by atoms with Crippen LogP contribution in [0.5, 0.6) is 0 Å². The van der Waals surface area contributed by atoms with E-state index in [0.717, 1.165) is 30.3 Å². The summed E-state index contributed by atoms with van der Waals surface area (Å²) in [5.74, 6) is -2.27. The number of rotatable bonds is 14. The summed E-state index contributed by atoms with van der Waals surface area (Å²) in [6, 6.07) is 2.91. The minimum Gasteiger partial charge on any atom is -0.423 e. The van der Waals surface area contributed by atoms with Gasteiger partial charge in [-0.05, 0) is 47.8 Å². The lowest BCUT2D eigenvalue weighted by atomic mass is 9.76. The molecule has 11 nitrogen and oxygen atoms in total. The zero-order chi connectivity index (χ0) is 33.2. The highest BCUT2D eigenvalue weighted by Crippen LogP contribution is 2.30. The van der Waals surface area contributed by atoms with E-state index in [1.54, 1.807) is 0 Å². The first-order valence-corrected chi connectivity index (χ1v) is 13.3. The van der Waals surface area contributed by atoms with Crippen molar-refractivity contribution in [2.45, 2.75) is 43.7 Å². The monoisotopic (exact) mass is 634 g/mol.